The van der Waals surface area contributed by atoms with E-state index in [1.165, 1.54) is 23.1 Å². The third-order valence-corrected chi connectivity index (χ3v) is 7.73. The molecule has 6 nitrogen and oxygen atoms in total. The first-order valence-electron chi connectivity index (χ1n) is 11.7. The van der Waals surface area contributed by atoms with Gasteiger partial charge in [0.25, 0.3) is 11.8 Å². The van der Waals surface area contributed by atoms with Crippen molar-refractivity contribution in [2.45, 2.75) is 17.1 Å². The van der Waals surface area contributed by atoms with Crippen LogP contribution in [0.1, 0.15) is 22.8 Å². The standard InChI is InChI=1S/C29H23Cl2N3O3S2/c1-18(27(35)33-25-12-7-21(30)16-24(25)31)39-23-10-8-22(9-11-23)32-29(37)26(15-19-13-14-38-17-19)34-28(36)20-5-3-2-4-6-20/h2-18H,1H3,(H,32,37)(H,33,35)(H,34,36)/b26-15-. The van der Waals surface area contributed by atoms with E-state index < -0.39 is 11.2 Å². The molecule has 0 aliphatic carbocycles. The van der Waals surface area contributed by atoms with Gasteiger partial charge in [-0.25, -0.2) is 0 Å². The molecule has 1 unspecified atom stereocenters. The van der Waals surface area contributed by atoms with Crippen molar-refractivity contribution in [2.75, 3.05) is 10.6 Å². The molecule has 0 aliphatic heterocycles. The third-order valence-electron chi connectivity index (χ3n) is 5.37. The number of thiophene rings is 1. The minimum absolute atomic E-state index is 0.117. The Morgan fingerprint density at radius 3 is 2.33 bits per heavy atom. The molecule has 3 N–H and O–H groups in total. The summed E-state index contributed by atoms with van der Waals surface area (Å²) >= 11 is 14.9. The Labute approximate surface area is 244 Å². The van der Waals surface area contributed by atoms with E-state index >= 15 is 0 Å². The number of benzene rings is 3. The number of carbonyl (C=O) groups is 3. The summed E-state index contributed by atoms with van der Waals surface area (Å²) < 4.78 is 0. The molecule has 10 heteroatoms. The van der Waals surface area contributed by atoms with E-state index in [9.17, 15) is 14.4 Å². The SMILES string of the molecule is CC(Sc1ccc(NC(=O)/C(=C/c2ccsc2)NC(=O)c2ccccc2)cc1)C(=O)Nc1ccc(Cl)cc1Cl. The zero-order valence-corrected chi connectivity index (χ0v) is 23.8. The first kappa shape index (κ1) is 28.4. The predicted molar refractivity (Wildman–Crippen MR) is 162 cm³/mol. The van der Waals surface area contributed by atoms with Gasteiger partial charge in [0.2, 0.25) is 5.91 Å². The summed E-state index contributed by atoms with van der Waals surface area (Å²) in [7, 11) is 0. The largest absolute Gasteiger partial charge is 0.324 e. The summed E-state index contributed by atoms with van der Waals surface area (Å²) in [6.45, 7) is 1.79. The Balaban J connectivity index is 1.39. The number of thioether (sulfide) groups is 1. The maximum atomic E-state index is 13.1. The molecule has 0 bridgehead atoms. The second kappa shape index (κ2) is 13.5. The first-order chi connectivity index (χ1) is 18.8. The van der Waals surface area contributed by atoms with Gasteiger partial charge in [-0.2, -0.15) is 11.3 Å². The summed E-state index contributed by atoms with van der Waals surface area (Å²) in [5.74, 6) is -1.05. The lowest BCUT2D eigenvalue weighted by atomic mass is 10.2. The van der Waals surface area contributed by atoms with Gasteiger partial charge in [0.1, 0.15) is 5.70 Å². The molecule has 0 saturated heterocycles. The van der Waals surface area contributed by atoms with E-state index in [1.807, 2.05) is 35.0 Å². The van der Waals surface area contributed by atoms with Crippen LogP contribution in [-0.2, 0) is 9.59 Å². The molecule has 0 saturated carbocycles. The van der Waals surface area contributed by atoms with E-state index in [0.717, 1.165) is 10.5 Å². The monoisotopic (exact) mass is 595 g/mol. The smallest absolute Gasteiger partial charge is 0.272 e. The average Bonchev–Trinajstić information content (AvgIpc) is 3.44. The van der Waals surface area contributed by atoms with Gasteiger partial charge >= 0.3 is 0 Å². The van der Waals surface area contributed by atoms with Crippen LogP contribution in [0.5, 0.6) is 0 Å². The first-order valence-corrected chi connectivity index (χ1v) is 14.3. The van der Waals surface area contributed by atoms with Gasteiger partial charge in [-0.3, -0.25) is 14.4 Å². The van der Waals surface area contributed by atoms with Crippen LogP contribution in [-0.4, -0.2) is 23.0 Å². The van der Waals surface area contributed by atoms with Gasteiger partial charge in [-0.05, 0) is 90.0 Å². The number of amides is 3. The molecule has 0 aliphatic rings. The van der Waals surface area contributed by atoms with Crippen LogP contribution in [0.15, 0.2) is 100 Å². The number of anilines is 2. The van der Waals surface area contributed by atoms with Crippen LogP contribution in [0, 0.1) is 0 Å². The fraction of sp³-hybridized carbons (Fsp3) is 0.0690. The van der Waals surface area contributed by atoms with E-state index in [0.29, 0.717) is 27.0 Å². The van der Waals surface area contributed by atoms with Gasteiger partial charge in [0.15, 0.2) is 0 Å². The van der Waals surface area contributed by atoms with Crippen LogP contribution in [0.25, 0.3) is 6.08 Å². The Bertz CT molecular complexity index is 1490. The van der Waals surface area contributed by atoms with Gasteiger partial charge in [-0.15, -0.1) is 11.8 Å². The lowest BCUT2D eigenvalue weighted by Crippen LogP contribution is -2.30. The second-order valence-corrected chi connectivity index (χ2v) is 11.3. The fourth-order valence-corrected chi connectivity index (χ4v) is 5.31. The highest BCUT2D eigenvalue weighted by Gasteiger charge is 2.17. The van der Waals surface area contributed by atoms with Gasteiger partial charge in [-0.1, -0.05) is 41.4 Å². The number of hydrogen-bond donors (Lipinski definition) is 3. The fourth-order valence-electron chi connectivity index (χ4n) is 3.36. The minimum Gasteiger partial charge on any atom is -0.324 e. The number of nitrogens with one attached hydrogen (secondary N) is 3. The van der Waals surface area contributed by atoms with Crippen molar-refractivity contribution in [2.24, 2.45) is 0 Å². The van der Waals surface area contributed by atoms with Crippen LogP contribution in [0.3, 0.4) is 0 Å². The Morgan fingerprint density at radius 2 is 1.67 bits per heavy atom. The molecule has 198 valence electrons. The quantitative estimate of drug-likeness (QED) is 0.137. The molecule has 3 amide bonds. The number of halogens is 2. The van der Waals surface area contributed by atoms with Crippen molar-refractivity contribution >= 4 is 81.5 Å². The van der Waals surface area contributed by atoms with E-state index in [4.69, 9.17) is 23.2 Å². The lowest BCUT2D eigenvalue weighted by molar-refractivity contribution is -0.115. The van der Waals surface area contributed by atoms with Crippen LogP contribution < -0.4 is 16.0 Å². The highest BCUT2D eigenvalue weighted by atomic mass is 35.5. The van der Waals surface area contributed by atoms with Crippen molar-refractivity contribution in [1.82, 2.24) is 5.32 Å². The zero-order valence-electron chi connectivity index (χ0n) is 20.6. The highest BCUT2D eigenvalue weighted by Crippen LogP contribution is 2.29. The molecule has 0 spiro atoms. The van der Waals surface area contributed by atoms with Crippen molar-refractivity contribution in [3.63, 3.8) is 0 Å². The van der Waals surface area contributed by atoms with Crippen molar-refractivity contribution in [3.8, 4) is 0 Å². The molecule has 0 fully saturated rings. The Hall–Kier alpha value is -3.56. The topological polar surface area (TPSA) is 87.3 Å². The summed E-state index contributed by atoms with van der Waals surface area (Å²) in [5, 5.41) is 12.6. The van der Waals surface area contributed by atoms with E-state index in [2.05, 4.69) is 16.0 Å². The van der Waals surface area contributed by atoms with E-state index in [1.54, 1.807) is 67.6 Å². The van der Waals surface area contributed by atoms with Crippen molar-refractivity contribution < 1.29 is 14.4 Å². The molecule has 1 heterocycles. The normalized spacial score (nSPS) is 11.9. The summed E-state index contributed by atoms with van der Waals surface area (Å²) in [5.41, 5.74) is 2.39. The van der Waals surface area contributed by atoms with Crippen molar-refractivity contribution in [3.05, 3.63) is 116 Å². The molecular formula is C29H23Cl2N3O3S2. The minimum atomic E-state index is -0.460. The van der Waals surface area contributed by atoms with Crippen LogP contribution in [0.4, 0.5) is 11.4 Å². The van der Waals surface area contributed by atoms with Gasteiger partial charge in [0.05, 0.1) is 16.0 Å². The maximum absolute atomic E-state index is 13.1. The van der Waals surface area contributed by atoms with Crippen LogP contribution in [0.2, 0.25) is 10.0 Å². The lowest BCUT2D eigenvalue weighted by Gasteiger charge is -2.14. The molecule has 1 atom stereocenters. The molecular weight excluding hydrogens is 573 g/mol. The molecule has 4 aromatic rings. The van der Waals surface area contributed by atoms with Crippen molar-refractivity contribution in [1.29, 1.82) is 0 Å². The Morgan fingerprint density at radius 1 is 0.923 bits per heavy atom. The molecule has 0 radical (unpaired) electrons. The molecule has 39 heavy (non-hydrogen) atoms. The summed E-state index contributed by atoms with van der Waals surface area (Å²) in [6.07, 6.45) is 1.63. The zero-order chi connectivity index (χ0) is 27.8. The highest BCUT2D eigenvalue weighted by molar-refractivity contribution is 8.00. The van der Waals surface area contributed by atoms with Gasteiger partial charge < -0.3 is 16.0 Å². The van der Waals surface area contributed by atoms with Crippen LogP contribution >= 0.6 is 46.3 Å². The molecule has 1 aromatic heterocycles. The molecule has 3 aromatic carbocycles. The average molecular weight is 597 g/mol. The summed E-state index contributed by atoms with van der Waals surface area (Å²) in [4.78, 5) is 39.3. The van der Waals surface area contributed by atoms with E-state index in [-0.39, 0.29) is 17.5 Å². The third kappa shape index (κ3) is 8.21. The predicted octanol–water partition coefficient (Wildman–Crippen LogP) is 7.58. The number of carbonyl (C=O) groups excluding carboxylic acids is 3. The second-order valence-electron chi connectivity index (χ2n) is 8.29. The number of hydrogen-bond acceptors (Lipinski definition) is 5. The molecule has 4 rings (SSSR count). The number of rotatable bonds is 9. The Kier molecular flexibility index (Phi) is 9.84. The summed E-state index contributed by atoms with van der Waals surface area (Å²) in [6, 6.07) is 22.5. The maximum Gasteiger partial charge on any atom is 0.272 e. The van der Waals surface area contributed by atoms with Gasteiger partial charge in [0, 0.05) is 21.2 Å².